The molecule has 1 aromatic carbocycles. The van der Waals surface area contributed by atoms with E-state index in [0.717, 1.165) is 29.5 Å². The molecule has 102 valence electrons. The van der Waals surface area contributed by atoms with Crippen LogP contribution in [-0.4, -0.2) is 21.2 Å². The molecule has 4 nitrogen and oxygen atoms in total. The van der Waals surface area contributed by atoms with Crippen molar-refractivity contribution in [2.45, 2.75) is 13.1 Å². The summed E-state index contributed by atoms with van der Waals surface area (Å²) in [5.41, 5.74) is 1.05. The lowest BCUT2D eigenvalue weighted by molar-refractivity contribution is 0.413. The Morgan fingerprint density at radius 3 is 2.63 bits per heavy atom. The number of rotatable bonds is 6. The highest BCUT2D eigenvalue weighted by Crippen LogP contribution is 2.27. The van der Waals surface area contributed by atoms with Gasteiger partial charge in [-0.2, -0.15) is 0 Å². The van der Waals surface area contributed by atoms with E-state index in [0.29, 0.717) is 6.54 Å². The zero-order valence-electron chi connectivity index (χ0n) is 11.6. The summed E-state index contributed by atoms with van der Waals surface area (Å²) in [6.07, 6.45) is 0. The van der Waals surface area contributed by atoms with Crippen molar-refractivity contribution in [3.8, 4) is 5.75 Å². The molecule has 0 radical (unpaired) electrons. The molecule has 0 aliphatic carbocycles. The van der Waals surface area contributed by atoms with Gasteiger partial charge in [0.05, 0.1) is 25.9 Å². The van der Waals surface area contributed by atoms with Crippen molar-refractivity contribution in [2.24, 2.45) is 0 Å². The van der Waals surface area contributed by atoms with Gasteiger partial charge in [-0.25, -0.2) is 0 Å². The standard InChI is InChI=1S/C15H20N2O2/c1-16-10-12-8-9-13(19-12)11-17(2)14-6-4-5-7-15(14)18-3/h4-9,16H,10-11H2,1-3H3. The van der Waals surface area contributed by atoms with Crippen LogP contribution in [0.5, 0.6) is 5.75 Å². The molecule has 19 heavy (non-hydrogen) atoms. The van der Waals surface area contributed by atoms with Crippen molar-refractivity contribution in [3.63, 3.8) is 0 Å². The second-order valence-corrected chi connectivity index (χ2v) is 4.43. The Labute approximate surface area is 114 Å². The van der Waals surface area contributed by atoms with E-state index in [1.807, 2.05) is 50.5 Å². The minimum atomic E-state index is 0.712. The highest BCUT2D eigenvalue weighted by molar-refractivity contribution is 5.57. The lowest BCUT2D eigenvalue weighted by Crippen LogP contribution is -2.16. The molecule has 1 N–H and O–H groups in total. The summed E-state index contributed by atoms with van der Waals surface area (Å²) in [6.45, 7) is 1.46. The molecular weight excluding hydrogens is 240 g/mol. The van der Waals surface area contributed by atoms with Crippen molar-refractivity contribution < 1.29 is 9.15 Å². The van der Waals surface area contributed by atoms with Gasteiger partial charge >= 0.3 is 0 Å². The van der Waals surface area contributed by atoms with E-state index in [1.165, 1.54) is 0 Å². The molecule has 0 bridgehead atoms. The number of benzene rings is 1. The lowest BCUT2D eigenvalue weighted by Gasteiger charge is -2.20. The maximum absolute atomic E-state index is 5.74. The normalized spacial score (nSPS) is 10.5. The Balaban J connectivity index is 2.09. The van der Waals surface area contributed by atoms with E-state index in [1.54, 1.807) is 7.11 Å². The highest BCUT2D eigenvalue weighted by Gasteiger charge is 2.10. The quantitative estimate of drug-likeness (QED) is 0.866. The van der Waals surface area contributed by atoms with E-state index < -0.39 is 0 Å². The SMILES string of the molecule is CNCc1ccc(CN(C)c2ccccc2OC)o1. The van der Waals surface area contributed by atoms with E-state index in [-0.39, 0.29) is 0 Å². The molecule has 1 heterocycles. The molecule has 0 atom stereocenters. The summed E-state index contributed by atoms with van der Waals surface area (Å²) in [6, 6.07) is 12.0. The van der Waals surface area contributed by atoms with Crippen molar-refractivity contribution in [3.05, 3.63) is 47.9 Å². The first-order valence-corrected chi connectivity index (χ1v) is 6.31. The molecule has 0 fully saturated rings. The molecule has 1 aromatic heterocycles. The molecule has 4 heteroatoms. The van der Waals surface area contributed by atoms with Crippen molar-refractivity contribution in [1.82, 2.24) is 5.32 Å². The molecule has 0 aliphatic heterocycles. The third kappa shape index (κ3) is 3.29. The van der Waals surface area contributed by atoms with E-state index in [9.17, 15) is 0 Å². The Kier molecular flexibility index (Phi) is 4.47. The second kappa shape index (κ2) is 6.29. The van der Waals surface area contributed by atoms with Gasteiger partial charge in [-0.1, -0.05) is 12.1 Å². The minimum Gasteiger partial charge on any atom is -0.495 e. The predicted octanol–water partition coefficient (Wildman–Crippen LogP) is 2.64. The van der Waals surface area contributed by atoms with Crippen LogP contribution in [0.15, 0.2) is 40.8 Å². The third-order valence-electron chi connectivity index (χ3n) is 2.96. The number of nitrogens with zero attached hydrogens (tertiary/aromatic N) is 1. The number of ether oxygens (including phenoxy) is 1. The zero-order valence-corrected chi connectivity index (χ0v) is 11.6. The van der Waals surface area contributed by atoms with Gasteiger partial charge in [-0.15, -0.1) is 0 Å². The number of hydrogen-bond acceptors (Lipinski definition) is 4. The molecule has 0 amide bonds. The Morgan fingerprint density at radius 2 is 1.89 bits per heavy atom. The summed E-state index contributed by atoms with van der Waals surface area (Å²) >= 11 is 0. The fraction of sp³-hybridized carbons (Fsp3) is 0.333. The Bertz CT molecular complexity index is 522. The number of hydrogen-bond donors (Lipinski definition) is 1. The van der Waals surface area contributed by atoms with E-state index in [4.69, 9.17) is 9.15 Å². The predicted molar refractivity (Wildman–Crippen MR) is 76.6 cm³/mol. The maximum Gasteiger partial charge on any atom is 0.142 e. The van der Waals surface area contributed by atoms with Crippen LogP contribution in [0, 0.1) is 0 Å². The van der Waals surface area contributed by atoms with Crippen LogP contribution >= 0.6 is 0 Å². The number of furan rings is 1. The van der Waals surface area contributed by atoms with Crippen LogP contribution in [0.3, 0.4) is 0 Å². The first-order chi connectivity index (χ1) is 9.24. The lowest BCUT2D eigenvalue weighted by atomic mass is 10.2. The van der Waals surface area contributed by atoms with Gasteiger partial charge in [0, 0.05) is 7.05 Å². The van der Waals surface area contributed by atoms with Crippen LogP contribution in [0.4, 0.5) is 5.69 Å². The topological polar surface area (TPSA) is 37.6 Å². The number of methoxy groups -OCH3 is 1. The van der Waals surface area contributed by atoms with Crippen LogP contribution in [-0.2, 0) is 13.1 Å². The van der Waals surface area contributed by atoms with Crippen LogP contribution in [0.2, 0.25) is 0 Å². The van der Waals surface area contributed by atoms with Crippen molar-refractivity contribution in [2.75, 3.05) is 26.1 Å². The third-order valence-corrected chi connectivity index (χ3v) is 2.96. The molecule has 0 saturated heterocycles. The maximum atomic E-state index is 5.74. The first-order valence-electron chi connectivity index (χ1n) is 6.31. The van der Waals surface area contributed by atoms with Gasteiger partial charge in [-0.05, 0) is 31.3 Å². The highest BCUT2D eigenvalue weighted by atomic mass is 16.5. The van der Waals surface area contributed by atoms with Crippen molar-refractivity contribution in [1.29, 1.82) is 0 Å². The summed E-state index contributed by atoms with van der Waals surface area (Å²) in [5.74, 6) is 2.76. The van der Waals surface area contributed by atoms with Gasteiger partial charge in [0.2, 0.25) is 0 Å². The summed E-state index contributed by atoms with van der Waals surface area (Å²) in [7, 11) is 5.62. The van der Waals surface area contributed by atoms with E-state index >= 15 is 0 Å². The van der Waals surface area contributed by atoms with Crippen molar-refractivity contribution >= 4 is 5.69 Å². The number of anilines is 1. The van der Waals surface area contributed by atoms with Crippen LogP contribution in [0.25, 0.3) is 0 Å². The average Bonchev–Trinajstić information content (AvgIpc) is 2.86. The monoisotopic (exact) mass is 260 g/mol. The van der Waals surface area contributed by atoms with Gasteiger partial charge < -0.3 is 19.4 Å². The molecule has 0 unspecified atom stereocenters. The summed E-state index contributed by atoms with van der Waals surface area (Å²) < 4.78 is 11.1. The minimum absolute atomic E-state index is 0.712. The molecular formula is C15H20N2O2. The zero-order chi connectivity index (χ0) is 13.7. The molecule has 2 rings (SSSR count). The molecule has 0 spiro atoms. The summed E-state index contributed by atoms with van der Waals surface area (Å²) in [4.78, 5) is 2.11. The van der Waals surface area contributed by atoms with Gasteiger partial charge in [0.25, 0.3) is 0 Å². The largest absolute Gasteiger partial charge is 0.495 e. The smallest absolute Gasteiger partial charge is 0.142 e. The fourth-order valence-electron chi connectivity index (χ4n) is 2.04. The molecule has 2 aromatic rings. The second-order valence-electron chi connectivity index (χ2n) is 4.43. The molecule has 0 aliphatic rings. The Morgan fingerprint density at radius 1 is 1.16 bits per heavy atom. The van der Waals surface area contributed by atoms with E-state index in [2.05, 4.69) is 10.2 Å². The number of nitrogens with one attached hydrogen (secondary N) is 1. The van der Waals surface area contributed by atoms with Crippen LogP contribution < -0.4 is 15.0 Å². The average molecular weight is 260 g/mol. The Hall–Kier alpha value is -1.94. The van der Waals surface area contributed by atoms with Gasteiger partial charge in [0.15, 0.2) is 0 Å². The number of para-hydroxylation sites is 2. The summed E-state index contributed by atoms with van der Waals surface area (Å²) in [5, 5.41) is 3.07. The van der Waals surface area contributed by atoms with Gasteiger partial charge in [0.1, 0.15) is 17.3 Å². The fourth-order valence-corrected chi connectivity index (χ4v) is 2.04. The van der Waals surface area contributed by atoms with Gasteiger partial charge in [-0.3, -0.25) is 0 Å². The first kappa shape index (κ1) is 13.5. The molecule has 0 saturated carbocycles. The van der Waals surface area contributed by atoms with Crippen LogP contribution in [0.1, 0.15) is 11.5 Å².